The van der Waals surface area contributed by atoms with E-state index in [-0.39, 0.29) is 18.0 Å². The summed E-state index contributed by atoms with van der Waals surface area (Å²) in [7, 11) is 0. The van der Waals surface area contributed by atoms with E-state index in [1.54, 1.807) is 24.3 Å². The van der Waals surface area contributed by atoms with Crippen LogP contribution < -0.4 is 21.3 Å². The molecule has 9 nitrogen and oxygen atoms in total. The van der Waals surface area contributed by atoms with E-state index in [9.17, 15) is 14.4 Å². The summed E-state index contributed by atoms with van der Waals surface area (Å²) in [5.74, 6) is 0.00435. The van der Waals surface area contributed by atoms with Crippen LogP contribution in [0.2, 0.25) is 0 Å². The number of urea groups is 1. The zero-order valence-electron chi connectivity index (χ0n) is 21.6. The van der Waals surface area contributed by atoms with Gasteiger partial charge in [0.15, 0.2) is 0 Å². The highest BCUT2D eigenvalue weighted by Crippen LogP contribution is 2.20. The zero-order chi connectivity index (χ0) is 26.5. The first-order valence-electron chi connectivity index (χ1n) is 13.2. The van der Waals surface area contributed by atoms with Crippen LogP contribution in [0.5, 0.6) is 0 Å². The lowest BCUT2D eigenvalue weighted by atomic mass is 10.0. The number of rotatable bonds is 12. The van der Waals surface area contributed by atoms with E-state index in [0.717, 1.165) is 36.9 Å². The van der Waals surface area contributed by atoms with Gasteiger partial charge < -0.3 is 31.3 Å². The second-order valence-electron chi connectivity index (χ2n) is 9.41. The maximum absolute atomic E-state index is 13.0. The van der Waals surface area contributed by atoms with Gasteiger partial charge in [0, 0.05) is 49.2 Å². The first-order chi connectivity index (χ1) is 17.9. The van der Waals surface area contributed by atoms with Crippen LogP contribution in [0, 0.1) is 0 Å². The third-order valence-electron chi connectivity index (χ3n) is 6.50. The third-order valence-corrected chi connectivity index (χ3v) is 6.50. The van der Waals surface area contributed by atoms with Crippen molar-refractivity contribution < 1.29 is 19.5 Å². The van der Waals surface area contributed by atoms with Gasteiger partial charge in [0.1, 0.15) is 0 Å². The molecule has 0 unspecified atom stereocenters. The maximum Gasteiger partial charge on any atom is 0.404 e. The van der Waals surface area contributed by atoms with Gasteiger partial charge in [-0.1, -0.05) is 38.3 Å². The van der Waals surface area contributed by atoms with Crippen LogP contribution in [-0.4, -0.2) is 60.3 Å². The Morgan fingerprint density at radius 2 is 1.54 bits per heavy atom. The molecule has 0 saturated carbocycles. The molecule has 1 aliphatic heterocycles. The molecule has 4 amide bonds. The molecular formula is C28H39N5O4. The van der Waals surface area contributed by atoms with E-state index >= 15 is 0 Å². The number of anilines is 2. The van der Waals surface area contributed by atoms with Crippen molar-refractivity contribution in [3.8, 4) is 0 Å². The lowest BCUT2D eigenvalue weighted by Crippen LogP contribution is -2.42. The Morgan fingerprint density at radius 1 is 0.865 bits per heavy atom. The average Bonchev–Trinajstić information content (AvgIpc) is 2.90. The van der Waals surface area contributed by atoms with Gasteiger partial charge >= 0.3 is 12.1 Å². The molecule has 0 aromatic heterocycles. The van der Waals surface area contributed by atoms with Gasteiger partial charge in [0.05, 0.1) is 0 Å². The summed E-state index contributed by atoms with van der Waals surface area (Å²) in [5, 5.41) is 20.2. The van der Waals surface area contributed by atoms with E-state index in [1.165, 1.54) is 12.8 Å². The molecule has 200 valence electrons. The van der Waals surface area contributed by atoms with Crippen LogP contribution >= 0.6 is 0 Å². The van der Waals surface area contributed by atoms with E-state index < -0.39 is 6.09 Å². The minimum atomic E-state index is -1.01. The lowest BCUT2D eigenvalue weighted by molar-refractivity contribution is 0.0718. The fourth-order valence-electron chi connectivity index (χ4n) is 4.35. The third kappa shape index (κ3) is 9.67. The highest BCUT2D eigenvalue weighted by atomic mass is 16.4. The molecule has 1 fully saturated rings. The Balaban J connectivity index is 1.38. The van der Waals surface area contributed by atoms with Crippen molar-refractivity contribution in [2.75, 3.05) is 36.8 Å². The Bertz CT molecular complexity index is 1000. The first-order valence-corrected chi connectivity index (χ1v) is 13.2. The fourth-order valence-corrected chi connectivity index (χ4v) is 4.35. The molecule has 1 heterocycles. The Kier molecular flexibility index (Phi) is 11.1. The molecule has 0 bridgehead atoms. The van der Waals surface area contributed by atoms with Crippen LogP contribution in [0.25, 0.3) is 0 Å². The summed E-state index contributed by atoms with van der Waals surface area (Å²) in [5.41, 5.74) is 3.37. The van der Waals surface area contributed by atoms with E-state index in [2.05, 4.69) is 28.2 Å². The molecule has 0 spiro atoms. The number of hydrogen-bond donors (Lipinski definition) is 5. The molecule has 5 N–H and O–H groups in total. The molecule has 2 aromatic rings. The predicted octanol–water partition coefficient (Wildman–Crippen LogP) is 4.92. The van der Waals surface area contributed by atoms with E-state index in [4.69, 9.17) is 5.11 Å². The van der Waals surface area contributed by atoms with Crippen LogP contribution in [0.4, 0.5) is 21.0 Å². The van der Waals surface area contributed by atoms with Crippen molar-refractivity contribution in [1.82, 2.24) is 15.5 Å². The zero-order valence-corrected chi connectivity index (χ0v) is 21.6. The van der Waals surface area contributed by atoms with Gasteiger partial charge in [-0.25, -0.2) is 9.59 Å². The standard InChI is InChI=1S/C28H39N5O4/c1-2-3-4-5-17-29-27(35)32-24-12-8-22(9-13-24)26(34)33-19-15-25(16-20-33)31-23-10-6-21(7-11-23)14-18-30-28(36)37/h6-13,25,30-31H,2-5,14-20H2,1H3,(H,36,37)(H2,29,32,35). The number of nitrogens with one attached hydrogen (secondary N) is 4. The number of carbonyl (C=O) groups excluding carboxylic acids is 2. The summed E-state index contributed by atoms with van der Waals surface area (Å²) >= 11 is 0. The number of hydrogen-bond acceptors (Lipinski definition) is 4. The Hall–Kier alpha value is -3.75. The SMILES string of the molecule is CCCCCCNC(=O)Nc1ccc(C(=O)N2CCC(Nc3ccc(CCNC(=O)O)cc3)CC2)cc1. The van der Waals surface area contributed by atoms with Crippen molar-refractivity contribution in [3.05, 3.63) is 59.7 Å². The minimum absolute atomic E-state index is 0.00435. The molecular weight excluding hydrogens is 470 g/mol. The quantitative estimate of drug-likeness (QED) is 0.260. The van der Waals surface area contributed by atoms with Gasteiger partial charge in [-0.05, 0) is 67.6 Å². The minimum Gasteiger partial charge on any atom is -0.465 e. The van der Waals surface area contributed by atoms with Gasteiger partial charge in [-0.2, -0.15) is 0 Å². The maximum atomic E-state index is 13.0. The van der Waals surface area contributed by atoms with Gasteiger partial charge in [-0.3, -0.25) is 4.79 Å². The number of unbranched alkanes of at least 4 members (excludes halogenated alkanes) is 3. The van der Waals surface area contributed by atoms with Crippen molar-refractivity contribution in [1.29, 1.82) is 0 Å². The van der Waals surface area contributed by atoms with Crippen molar-refractivity contribution in [2.24, 2.45) is 0 Å². The first kappa shape index (κ1) is 27.8. The molecule has 1 saturated heterocycles. The Morgan fingerprint density at radius 3 is 2.19 bits per heavy atom. The summed E-state index contributed by atoms with van der Waals surface area (Å²) < 4.78 is 0. The number of carbonyl (C=O) groups is 3. The highest BCUT2D eigenvalue weighted by molar-refractivity contribution is 5.95. The molecule has 9 heteroatoms. The molecule has 1 aliphatic rings. The van der Waals surface area contributed by atoms with Gasteiger partial charge in [-0.15, -0.1) is 0 Å². The van der Waals surface area contributed by atoms with Crippen LogP contribution in [0.15, 0.2) is 48.5 Å². The topological polar surface area (TPSA) is 123 Å². The summed E-state index contributed by atoms with van der Waals surface area (Å²) in [4.78, 5) is 37.4. The summed E-state index contributed by atoms with van der Waals surface area (Å²) in [6.45, 7) is 4.56. The number of piperidine rings is 1. The number of carboxylic acid groups (broad SMARTS) is 1. The number of benzene rings is 2. The van der Waals surface area contributed by atoms with Gasteiger partial charge in [0.2, 0.25) is 0 Å². The highest BCUT2D eigenvalue weighted by Gasteiger charge is 2.23. The molecule has 0 aliphatic carbocycles. The number of likely N-dealkylation sites (tertiary alicyclic amines) is 1. The second-order valence-corrected chi connectivity index (χ2v) is 9.41. The molecule has 3 rings (SSSR count). The normalized spacial score (nSPS) is 13.6. The molecule has 0 radical (unpaired) electrons. The van der Waals surface area contributed by atoms with Gasteiger partial charge in [0.25, 0.3) is 5.91 Å². The molecule has 2 aromatic carbocycles. The van der Waals surface area contributed by atoms with Crippen molar-refractivity contribution >= 4 is 29.4 Å². The summed E-state index contributed by atoms with van der Waals surface area (Å²) in [6.07, 6.45) is 5.78. The number of nitrogens with zero attached hydrogens (tertiary/aromatic N) is 1. The number of amides is 4. The van der Waals surface area contributed by atoms with Crippen LogP contribution in [0.1, 0.15) is 61.4 Å². The Labute approximate surface area is 219 Å². The van der Waals surface area contributed by atoms with Crippen molar-refractivity contribution in [2.45, 2.75) is 57.9 Å². The fraction of sp³-hybridized carbons (Fsp3) is 0.464. The average molecular weight is 510 g/mol. The largest absolute Gasteiger partial charge is 0.465 e. The predicted molar refractivity (Wildman–Crippen MR) is 146 cm³/mol. The van der Waals surface area contributed by atoms with E-state index in [1.807, 2.05) is 29.2 Å². The molecule has 0 atom stereocenters. The lowest BCUT2D eigenvalue weighted by Gasteiger charge is -2.33. The van der Waals surface area contributed by atoms with E-state index in [0.29, 0.717) is 43.9 Å². The monoisotopic (exact) mass is 509 g/mol. The van der Waals surface area contributed by atoms with Crippen LogP contribution in [0.3, 0.4) is 0 Å². The van der Waals surface area contributed by atoms with Crippen molar-refractivity contribution in [3.63, 3.8) is 0 Å². The second kappa shape index (κ2) is 14.7. The smallest absolute Gasteiger partial charge is 0.404 e. The summed E-state index contributed by atoms with van der Waals surface area (Å²) in [6, 6.07) is 15.1. The molecule has 37 heavy (non-hydrogen) atoms. The van der Waals surface area contributed by atoms with Crippen LogP contribution in [-0.2, 0) is 6.42 Å².